The van der Waals surface area contributed by atoms with Crippen LogP contribution in [0.25, 0.3) is 0 Å². The first kappa shape index (κ1) is 15.4. The highest BCUT2D eigenvalue weighted by molar-refractivity contribution is 6.31. The summed E-state index contributed by atoms with van der Waals surface area (Å²) in [5, 5.41) is 3.35. The zero-order chi connectivity index (χ0) is 15.2. The van der Waals surface area contributed by atoms with Gasteiger partial charge >= 0.3 is 0 Å². The van der Waals surface area contributed by atoms with Gasteiger partial charge in [-0.05, 0) is 35.7 Å². The molecule has 0 saturated carbocycles. The van der Waals surface area contributed by atoms with E-state index < -0.39 is 0 Å². The smallest absolute Gasteiger partial charge is 0.253 e. The summed E-state index contributed by atoms with van der Waals surface area (Å²) in [4.78, 5) is 12.2. The number of hydrogen-bond donors (Lipinski definition) is 3. The number of halogens is 1. The zero-order valence-corrected chi connectivity index (χ0v) is 12.6. The maximum Gasteiger partial charge on any atom is 0.253 e. The molecule has 2 rings (SSSR count). The Morgan fingerprint density at radius 1 is 1.14 bits per heavy atom. The van der Waals surface area contributed by atoms with Crippen LogP contribution in [0.3, 0.4) is 0 Å². The van der Waals surface area contributed by atoms with Crippen molar-refractivity contribution in [3.63, 3.8) is 0 Å². The second-order valence-electron chi connectivity index (χ2n) is 4.69. The summed E-state index contributed by atoms with van der Waals surface area (Å²) in [6, 6.07) is 13.1. The molecule has 0 saturated heterocycles. The van der Waals surface area contributed by atoms with Crippen LogP contribution in [0, 0.1) is 0 Å². The Hall–Kier alpha value is -2.04. The van der Waals surface area contributed by atoms with E-state index in [4.69, 9.17) is 17.4 Å². The number of hydrazine groups is 1. The minimum atomic E-state index is -0.218. The first-order chi connectivity index (χ1) is 10.1. The van der Waals surface area contributed by atoms with Crippen molar-refractivity contribution in [3.05, 3.63) is 64.2 Å². The molecule has 0 aliphatic rings. The molecule has 0 aliphatic heterocycles. The number of aryl methyl sites for hydroxylation is 1. The van der Waals surface area contributed by atoms with Gasteiger partial charge in [0.2, 0.25) is 0 Å². The second-order valence-corrected chi connectivity index (χ2v) is 5.12. The SMILES string of the molecule is CCc1ccc(CNC(=O)c2cc(Cl)ccc2NN)cc1. The van der Waals surface area contributed by atoms with E-state index in [1.54, 1.807) is 18.2 Å². The number of rotatable bonds is 5. The van der Waals surface area contributed by atoms with E-state index in [0.29, 0.717) is 22.8 Å². The maximum absolute atomic E-state index is 12.2. The standard InChI is InChI=1S/C16H18ClN3O/c1-2-11-3-5-12(6-4-11)10-19-16(21)14-9-13(17)7-8-15(14)20-18/h3-9,20H,2,10,18H2,1H3,(H,19,21). The summed E-state index contributed by atoms with van der Waals surface area (Å²) in [6.07, 6.45) is 1.00. The third-order valence-corrected chi connectivity index (χ3v) is 3.50. The van der Waals surface area contributed by atoms with Gasteiger partial charge in [0, 0.05) is 11.6 Å². The molecule has 2 aromatic rings. The fourth-order valence-electron chi connectivity index (χ4n) is 2.00. The van der Waals surface area contributed by atoms with Gasteiger partial charge in [-0.1, -0.05) is 42.8 Å². The summed E-state index contributed by atoms with van der Waals surface area (Å²) in [7, 11) is 0. The third-order valence-electron chi connectivity index (χ3n) is 3.27. The number of anilines is 1. The van der Waals surface area contributed by atoms with Crippen LogP contribution in [0.4, 0.5) is 5.69 Å². The van der Waals surface area contributed by atoms with Gasteiger partial charge in [-0.3, -0.25) is 10.6 Å². The predicted molar refractivity (Wildman–Crippen MR) is 86.3 cm³/mol. The Morgan fingerprint density at radius 2 is 1.81 bits per heavy atom. The van der Waals surface area contributed by atoms with Gasteiger partial charge in [0.1, 0.15) is 0 Å². The Kier molecular flexibility index (Phi) is 5.20. The van der Waals surface area contributed by atoms with Crippen LogP contribution in [-0.4, -0.2) is 5.91 Å². The minimum Gasteiger partial charge on any atom is -0.348 e. The van der Waals surface area contributed by atoms with Gasteiger partial charge in [0.05, 0.1) is 11.3 Å². The van der Waals surface area contributed by atoms with Gasteiger partial charge in [0.25, 0.3) is 5.91 Å². The van der Waals surface area contributed by atoms with Gasteiger partial charge in [-0.25, -0.2) is 0 Å². The highest BCUT2D eigenvalue weighted by atomic mass is 35.5. The van der Waals surface area contributed by atoms with E-state index in [2.05, 4.69) is 29.8 Å². The molecule has 0 heterocycles. The summed E-state index contributed by atoms with van der Waals surface area (Å²) in [5.41, 5.74) is 5.78. The molecule has 4 N–H and O–H groups in total. The maximum atomic E-state index is 12.2. The van der Waals surface area contributed by atoms with Crippen LogP contribution in [-0.2, 0) is 13.0 Å². The molecular formula is C16H18ClN3O. The predicted octanol–water partition coefficient (Wildman–Crippen LogP) is 3.12. The Labute approximate surface area is 129 Å². The molecule has 0 unspecified atom stereocenters. The first-order valence-electron chi connectivity index (χ1n) is 6.76. The second kappa shape index (κ2) is 7.11. The molecule has 4 nitrogen and oxygen atoms in total. The molecule has 0 aromatic heterocycles. The van der Waals surface area contributed by atoms with Crippen molar-refractivity contribution >= 4 is 23.2 Å². The number of benzene rings is 2. The average Bonchev–Trinajstić information content (AvgIpc) is 2.53. The number of carbonyl (C=O) groups excluding carboxylic acids is 1. The van der Waals surface area contributed by atoms with E-state index in [9.17, 15) is 4.79 Å². The van der Waals surface area contributed by atoms with Crippen LogP contribution in [0.1, 0.15) is 28.4 Å². The summed E-state index contributed by atoms with van der Waals surface area (Å²) in [6.45, 7) is 2.57. The summed E-state index contributed by atoms with van der Waals surface area (Å²) in [5.74, 6) is 5.19. The average molecular weight is 304 g/mol. The van der Waals surface area contributed by atoms with Crippen molar-refractivity contribution < 1.29 is 4.79 Å². The lowest BCUT2D eigenvalue weighted by Gasteiger charge is -2.10. The molecule has 0 fully saturated rings. The van der Waals surface area contributed by atoms with E-state index >= 15 is 0 Å². The van der Waals surface area contributed by atoms with E-state index in [1.807, 2.05) is 12.1 Å². The van der Waals surface area contributed by atoms with Crippen LogP contribution in [0.2, 0.25) is 5.02 Å². The van der Waals surface area contributed by atoms with Crippen LogP contribution in [0.15, 0.2) is 42.5 Å². The lowest BCUT2D eigenvalue weighted by atomic mass is 10.1. The van der Waals surface area contributed by atoms with Crippen LogP contribution < -0.4 is 16.6 Å². The fraction of sp³-hybridized carbons (Fsp3) is 0.188. The summed E-state index contributed by atoms with van der Waals surface area (Å²) >= 11 is 5.92. The molecule has 5 heteroatoms. The molecule has 2 aromatic carbocycles. The minimum absolute atomic E-state index is 0.218. The van der Waals surface area contributed by atoms with E-state index in [-0.39, 0.29) is 5.91 Å². The van der Waals surface area contributed by atoms with Gasteiger partial charge in [-0.2, -0.15) is 0 Å². The van der Waals surface area contributed by atoms with Crippen molar-refractivity contribution in [2.45, 2.75) is 19.9 Å². The molecule has 110 valence electrons. The van der Waals surface area contributed by atoms with E-state index in [1.165, 1.54) is 5.56 Å². The number of amides is 1. The highest BCUT2D eigenvalue weighted by Crippen LogP contribution is 2.19. The third kappa shape index (κ3) is 3.97. The molecule has 1 amide bonds. The Morgan fingerprint density at radius 3 is 2.43 bits per heavy atom. The number of nitrogens with two attached hydrogens (primary N) is 1. The number of nitrogens with one attached hydrogen (secondary N) is 2. The van der Waals surface area contributed by atoms with E-state index in [0.717, 1.165) is 12.0 Å². The van der Waals surface area contributed by atoms with Crippen molar-refractivity contribution in [1.82, 2.24) is 5.32 Å². The number of nitrogen functional groups attached to an aromatic ring is 1. The van der Waals surface area contributed by atoms with Crippen molar-refractivity contribution in [1.29, 1.82) is 0 Å². The van der Waals surface area contributed by atoms with Gasteiger partial charge < -0.3 is 10.7 Å². The van der Waals surface area contributed by atoms with Crippen molar-refractivity contribution in [3.8, 4) is 0 Å². The Bertz CT molecular complexity index is 626. The normalized spacial score (nSPS) is 10.2. The van der Waals surface area contributed by atoms with Gasteiger partial charge in [-0.15, -0.1) is 0 Å². The van der Waals surface area contributed by atoms with Gasteiger partial charge in [0.15, 0.2) is 0 Å². The monoisotopic (exact) mass is 303 g/mol. The highest BCUT2D eigenvalue weighted by Gasteiger charge is 2.11. The molecule has 0 radical (unpaired) electrons. The Balaban J connectivity index is 2.05. The quantitative estimate of drug-likeness (QED) is 0.587. The van der Waals surface area contributed by atoms with Crippen LogP contribution >= 0.6 is 11.6 Å². The molecular weight excluding hydrogens is 286 g/mol. The molecule has 21 heavy (non-hydrogen) atoms. The largest absolute Gasteiger partial charge is 0.348 e. The molecule has 0 aliphatic carbocycles. The number of carbonyl (C=O) groups is 1. The molecule has 0 bridgehead atoms. The molecule has 0 spiro atoms. The summed E-state index contributed by atoms with van der Waals surface area (Å²) < 4.78 is 0. The lowest BCUT2D eigenvalue weighted by Crippen LogP contribution is -2.24. The number of hydrogen-bond acceptors (Lipinski definition) is 3. The van der Waals surface area contributed by atoms with Crippen molar-refractivity contribution in [2.75, 3.05) is 5.43 Å². The molecule has 0 atom stereocenters. The zero-order valence-electron chi connectivity index (χ0n) is 11.8. The fourth-order valence-corrected chi connectivity index (χ4v) is 2.17. The lowest BCUT2D eigenvalue weighted by molar-refractivity contribution is 0.0951. The van der Waals surface area contributed by atoms with Crippen molar-refractivity contribution in [2.24, 2.45) is 5.84 Å². The van der Waals surface area contributed by atoms with Crippen LogP contribution in [0.5, 0.6) is 0 Å². The first-order valence-corrected chi connectivity index (χ1v) is 7.14. The topological polar surface area (TPSA) is 67.2 Å².